The minimum Gasteiger partial charge on any atom is -0.406 e. The highest BCUT2D eigenvalue weighted by molar-refractivity contribution is 5.66. The van der Waals surface area contributed by atoms with Crippen LogP contribution in [0.5, 0.6) is 5.75 Å². The normalized spacial score (nSPS) is 14.7. The van der Waals surface area contributed by atoms with Crippen LogP contribution in [0.2, 0.25) is 0 Å². The average molecular weight is 460 g/mol. The molecule has 1 heterocycles. The molecule has 1 aliphatic carbocycles. The molecule has 33 heavy (non-hydrogen) atoms. The lowest BCUT2D eigenvalue weighted by Gasteiger charge is -2.23. The van der Waals surface area contributed by atoms with Crippen LogP contribution in [0.15, 0.2) is 54.6 Å². The summed E-state index contributed by atoms with van der Waals surface area (Å²) in [7, 11) is 0. The van der Waals surface area contributed by atoms with E-state index in [1.54, 1.807) is 30.3 Å². The molecule has 0 spiro atoms. The van der Waals surface area contributed by atoms with Crippen LogP contribution in [0.1, 0.15) is 37.7 Å². The van der Waals surface area contributed by atoms with Crippen LogP contribution in [0.4, 0.5) is 29.3 Å². The molecule has 2 aromatic carbocycles. The molecule has 0 saturated heterocycles. The van der Waals surface area contributed by atoms with Crippen molar-refractivity contribution in [3.8, 4) is 17.0 Å². The Labute approximate surface area is 189 Å². The lowest BCUT2D eigenvalue weighted by Crippen LogP contribution is -2.23. The van der Waals surface area contributed by atoms with Gasteiger partial charge >= 0.3 is 6.36 Å². The molecule has 0 unspecified atom stereocenters. The molecule has 5 nitrogen and oxygen atoms in total. The molecule has 0 radical (unpaired) electrons. The zero-order valence-corrected chi connectivity index (χ0v) is 17.8. The largest absolute Gasteiger partial charge is 0.573 e. The fraction of sp³-hybridized carbons (Fsp3) is 0.333. The number of ether oxygens (including phenoxy) is 1. The maximum absolute atomic E-state index is 14.0. The summed E-state index contributed by atoms with van der Waals surface area (Å²) < 4.78 is 56.0. The third-order valence-corrected chi connectivity index (χ3v) is 5.45. The number of nitrogens with zero attached hydrogens (tertiary/aromatic N) is 2. The van der Waals surface area contributed by atoms with Gasteiger partial charge in [-0.15, -0.1) is 13.2 Å². The molecule has 2 N–H and O–H groups in total. The average Bonchev–Trinajstić information content (AvgIpc) is 2.78. The maximum Gasteiger partial charge on any atom is 0.573 e. The third-order valence-electron chi connectivity index (χ3n) is 5.45. The van der Waals surface area contributed by atoms with Crippen molar-refractivity contribution < 1.29 is 22.3 Å². The summed E-state index contributed by atoms with van der Waals surface area (Å²) in [5.41, 5.74) is 1.34. The number of alkyl halides is 3. The summed E-state index contributed by atoms with van der Waals surface area (Å²) in [5, 5.41) is 6.45. The quantitative estimate of drug-likeness (QED) is 0.392. The Morgan fingerprint density at radius 1 is 0.939 bits per heavy atom. The van der Waals surface area contributed by atoms with Gasteiger partial charge < -0.3 is 15.4 Å². The van der Waals surface area contributed by atoms with Crippen molar-refractivity contribution >= 4 is 11.8 Å². The van der Waals surface area contributed by atoms with Crippen molar-refractivity contribution in [2.45, 2.75) is 51.1 Å². The second-order valence-corrected chi connectivity index (χ2v) is 7.96. The van der Waals surface area contributed by atoms with Crippen molar-refractivity contribution in [2.24, 2.45) is 0 Å². The number of aromatic nitrogens is 2. The number of benzene rings is 2. The van der Waals surface area contributed by atoms with E-state index < -0.39 is 6.36 Å². The number of anilines is 2. The van der Waals surface area contributed by atoms with E-state index in [0.29, 0.717) is 28.6 Å². The van der Waals surface area contributed by atoms with Crippen LogP contribution in [-0.2, 0) is 6.54 Å². The lowest BCUT2D eigenvalue weighted by atomic mass is 9.96. The number of hydrogen-bond acceptors (Lipinski definition) is 5. The highest BCUT2D eigenvalue weighted by atomic mass is 19.4. The van der Waals surface area contributed by atoms with E-state index in [4.69, 9.17) is 0 Å². The Hall–Kier alpha value is -3.36. The van der Waals surface area contributed by atoms with E-state index in [0.717, 1.165) is 25.7 Å². The van der Waals surface area contributed by atoms with E-state index in [1.165, 1.54) is 30.7 Å². The maximum atomic E-state index is 14.0. The first kappa shape index (κ1) is 22.8. The molecule has 174 valence electrons. The van der Waals surface area contributed by atoms with E-state index in [-0.39, 0.29) is 24.2 Å². The Morgan fingerprint density at radius 3 is 2.48 bits per heavy atom. The summed E-state index contributed by atoms with van der Waals surface area (Å²) in [6.45, 7) is 0.198. The molecule has 1 aliphatic rings. The molecule has 1 saturated carbocycles. The highest BCUT2D eigenvalue weighted by Gasteiger charge is 2.31. The summed E-state index contributed by atoms with van der Waals surface area (Å²) in [6.07, 6.45) is 0.644. The molecule has 0 amide bonds. The smallest absolute Gasteiger partial charge is 0.406 e. The molecule has 0 atom stereocenters. The first-order valence-corrected chi connectivity index (χ1v) is 10.8. The second-order valence-electron chi connectivity index (χ2n) is 7.96. The van der Waals surface area contributed by atoms with E-state index in [2.05, 4.69) is 25.3 Å². The third kappa shape index (κ3) is 6.57. The van der Waals surface area contributed by atoms with Gasteiger partial charge in [0.1, 0.15) is 17.4 Å². The molecule has 9 heteroatoms. The van der Waals surface area contributed by atoms with E-state index >= 15 is 0 Å². The first-order valence-electron chi connectivity index (χ1n) is 10.8. The van der Waals surface area contributed by atoms with E-state index in [9.17, 15) is 17.6 Å². The summed E-state index contributed by atoms with van der Waals surface area (Å²) in [5.74, 6) is 0.138. The highest BCUT2D eigenvalue weighted by Crippen LogP contribution is 2.29. The van der Waals surface area contributed by atoms with Crippen molar-refractivity contribution in [3.63, 3.8) is 0 Å². The van der Waals surface area contributed by atoms with Crippen molar-refractivity contribution in [3.05, 3.63) is 66.0 Å². The molecular formula is C24H24F4N4O. The summed E-state index contributed by atoms with van der Waals surface area (Å²) in [6, 6.07) is 13.9. The molecule has 0 bridgehead atoms. The van der Waals surface area contributed by atoms with Gasteiger partial charge in [-0.1, -0.05) is 49.6 Å². The Kier molecular flexibility index (Phi) is 6.96. The van der Waals surface area contributed by atoms with Gasteiger partial charge in [-0.3, -0.25) is 0 Å². The first-order chi connectivity index (χ1) is 15.9. The van der Waals surface area contributed by atoms with E-state index in [1.807, 2.05) is 0 Å². The Balaban J connectivity index is 1.62. The van der Waals surface area contributed by atoms with Gasteiger partial charge in [0.2, 0.25) is 5.95 Å². The van der Waals surface area contributed by atoms with Crippen LogP contribution < -0.4 is 15.4 Å². The fourth-order valence-electron chi connectivity index (χ4n) is 3.86. The van der Waals surface area contributed by atoms with Crippen LogP contribution >= 0.6 is 0 Å². The standard InChI is InChI=1S/C24H24F4N4O/c25-20-12-5-4-7-17(20)15-29-22-14-21(16-8-6-11-19(13-16)33-24(26,27)28)31-23(32-22)30-18-9-2-1-3-10-18/h4-8,11-14,18H,1-3,9-10,15H2,(H2,29,30,31,32). The number of nitrogens with one attached hydrogen (secondary N) is 2. The fourth-order valence-corrected chi connectivity index (χ4v) is 3.86. The van der Waals surface area contributed by atoms with Gasteiger partial charge in [-0.25, -0.2) is 9.37 Å². The van der Waals surface area contributed by atoms with Crippen LogP contribution in [0.3, 0.4) is 0 Å². The van der Waals surface area contributed by atoms with Gasteiger partial charge in [0.15, 0.2) is 0 Å². The predicted molar refractivity (Wildman–Crippen MR) is 118 cm³/mol. The predicted octanol–water partition coefficient (Wildman–Crippen LogP) is 6.54. The lowest BCUT2D eigenvalue weighted by molar-refractivity contribution is -0.274. The number of hydrogen-bond donors (Lipinski definition) is 2. The van der Waals surface area contributed by atoms with Crippen LogP contribution in [-0.4, -0.2) is 22.4 Å². The molecule has 4 rings (SSSR count). The monoisotopic (exact) mass is 460 g/mol. The van der Waals surface area contributed by atoms with Crippen molar-refractivity contribution in [1.82, 2.24) is 9.97 Å². The Morgan fingerprint density at radius 2 is 1.73 bits per heavy atom. The van der Waals surface area contributed by atoms with Gasteiger partial charge in [0.25, 0.3) is 0 Å². The van der Waals surface area contributed by atoms with Crippen molar-refractivity contribution in [1.29, 1.82) is 0 Å². The molecule has 0 aliphatic heterocycles. The number of halogens is 4. The van der Waals surface area contributed by atoms with Crippen LogP contribution in [0, 0.1) is 5.82 Å². The molecule has 1 aromatic heterocycles. The zero-order valence-electron chi connectivity index (χ0n) is 17.8. The SMILES string of the molecule is Fc1ccccc1CNc1cc(-c2cccc(OC(F)(F)F)c2)nc(NC2CCCCC2)n1. The summed E-state index contributed by atoms with van der Waals surface area (Å²) in [4.78, 5) is 9.05. The topological polar surface area (TPSA) is 59.1 Å². The minimum absolute atomic E-state index is 0.198. The number of rotatable bonds is 7. The summed E-state index contributed by atoms with van der Waals surface area (Å²) >= 11 is 0. The van der Waals surface area contributed by atoms with Gasteiger partial charge in [-0.05, 0) is 31.0 Å². The van der Waals surface area contributed by atoms with Crippen LogP contribution in [0.25, 0.3) is 11.3 Å². The van der Waals surface area contributed by atoms with Gasteiger partial charge in [0.05, 0.1) is 5.69 Å². The van der Waals surface area contributed by atoms with Gasteiger partial charge in [-0.2, -0.15) is 4.98 Å². The minimum atomic E-state index is -4.79. The molecule has 1 fully saturated rings. The van der Waals surface area contributed by atoms with Crippen molar-refractivity contribution in [2.75, 3.05) is 10.6 Å². The zero-order chi connectivity index (χ0) is 23.3. The Bertz CT molecular complexity index is 1080. The molecular weight excluding hydrogens is 436 g/mol. The van der Waals surface area contributed by atoms with Gasteiger partial charge in [0, 0.05) is 29.8 Å². The second kappa shape index (κ2) is 10.1. The molecule has 3 aromatic rings.